The number of anilines is 1. The van der Waals surface area contributed by atoms with E-state index in [1.54, 1.807) is 43.9 Å². The van der Waals surface area contributed by atoms with E-state index >= 15 is 0 Å². The van der Waals surface area contributed by atoms with Crippen LogP contribution in [0.1, 0.15) is 36.4 Å². The van der Waals surface area contributed by atoms with Gasteiger partial charge in [-0.15, -0.1) is 0 Å². The molecule has 11 nitrogen and oxygen atoms in total. The number of sulfonamides is 1. The maximum atomic E-state index is 13.5. The van der Waals surface area contributed by atoms with E-state index in [9.17, 15) is 23.1 Å². The van der Waals surface area contributed by atoms with Crippen molar-refractivity contribution < 1.29 is 32.4 Å². The third-order valence-electron chi connectivity index (χ3n) is 7.48. The first kappa shape index (κ1) is 31.2. The molecule has 42 heavy (non-hydrogen) atoms. The number of rotatable bonds is 9. The molecule has 3 atom stereocenters. The van der Waals surface area contributed by atoms with E-state index in [0.29, 0.717) is 17.0 Å². The highest BCUT2D eigenvalue weighted by Crippen LogP contribution is 2.30. The highest BCUT2D eigenvalue weighted by molar-refractivity contribution is 7.89. The Hall–Kier alpha value is -3.74. The van der Waals surface area contributed by atoms with Crippen molar-refractivity contribution in [2.24, 2.45) is 5.92 Å². The van der Waals surface area contributed by atoms with E-state index < -0.39 is 22.2 Å². The molecular weight excluding hydrogens is 560 g/mol. The Morgan fingerprint density at radius 3 is 2.57 bits per heavy atom. The summed E-state index contributed by atoms with van der Waals surface area (Å²) in [4.78, 5) is 27.8. The Morgan fingerprint density at radius 2 is 1.93 bits per heavy atom. The standard InChI is InChI=1S/C30H38N4O7S/c1-19-16-34(20(2)18-35)29(37)15-24-14-25(31-28(36)13-23-9-7-6-8-10-23)11-12-26(24)40-27(19)17-33(5)42(38,39)30-21(3)32-41-22(30)4/h6-12,14,19-20,27,35H,13,15-18H2,1-5H3,(H,31,36)/t19-,20-,27-/m0/s1. The van der Waals surface area contributed by atoms with Crippen LogP contribution in [-0.4, -0.2) is 78.6 Å². The van der Waals surface area contributed by atoms with Crippen molar-refractivity contribution in [1.82, 2.24) is 14.4 Å². The average Bonchev–Trinajstić information content (AvgIpc) is 3.31. The van der Waals surface area contributed by atoms with E-state index in [1.165, 1.54) is 11.4 Å². The van der Waals surface area contributed by atoms with Crippen LogP contribution < -0.4 is 10.1 Å². The largest absolute Gasteiger partial charge is 0.488 e. The monoisotopic (exact) mass is 598 g/mol. The van der Waals surface area contributed by atoms with Crippen LogP contribution in [0.25, 0.3) is 0 Å². The first-order valence-electron chi connectivity index (χ1n) is 13.8. The predicted octanol–water partition coefficient (Wildman–Crippen LogP) is 2.94. The molecule has 0 bridgehead atoms. The molecule has 0 spiro atoms. The predicted molar refractivity (Wildman–Crippen MR) is 157 cm³/mol. The second-order valence-corrected chi connectivity index (χ2v) is 12.8. The van der Waals surface area contributed by atoms with E-state index in [-0.39, 0.29) is 66.6 Å². The van der Waals surface area contributed by atoms with Gasteiger partial charge in [-0.3, -0.25) is 9.59 Å². The van der Waals surface area contributed by atoms with Gasteiger partial charge in [0.25, 0.3) is 0 Å². The number of hydrogen-bond donors (Lipinski definition) is 2. The Morgan fingerprint density at radius 1 is 1.21 bits per heavy atom. The maximum absolute atomic E-state index is 13.5. The van der Waals surface area contributed by atoms with Crippen molar-refractivity contribution in [1.29, 1.82) is 0 Å². The molecule has 1 aliphatic heterocycles. The molecular formula is C30H38N4O7S. The van der Waals surface area contributed by atoms with Gasteiger partial charge in [0.05, 0.1) is 32.0 Å². The molecule has 0 unspecified atom stereocenters. The summed E-state index contributed by atoms with van der Waals surface area (Å²) in [6.07, 6.45) is -0.475. The average molecular weight is 599 g/mol. The molecule has 1 aromatic heterocycles. The Kier molecular flexibility index (Phi) is 9.70. The summed E-state index contributed by atoms with van der Waals surface area (Å²) in [7, 11) is -2.48. The molecule has 0 saturated carbocycles. The Labute approximate surface area is 246 Å². The van der Waals surface area contributed by atoms with Gasteiger partial charge >= 0.3 is 0 Å². The van der Waals surface area contributed by atoms with Crippen molar-refractivity contribution in [3.8, 4) is 5.75 Å². The van der Waals surface area contributed by atoms with Gasteiger partial charge in [0.1, 0.15) is 22.4 Å². The summed E-state index contributed by atoms with van der Waals surface area (Å²) in [5.41, 5.74) is 2.19. The van der Waals surface area contributed by atoms with Crippen LogP contribution in [0.15, 0.2) is 57.9 Å². The summed E-state index contributed by atoms with van der Waals surface area (Å²) in [6, 6.07) is 14.0. The van der Waals surface area contributed by atoms with Crippen molar-refractivity contribution in [3.05, 3.63) is 71.1 Å². The van der Waals surface area contributed by atoms with Crippen LogP contribution in [0, 0.1) is 19.8 Å². The van der Waals surface area contributed by atoms with Gasteiger partial charge in [-0.2, -0.15) is 4.31 Å². The zero-order valence-corrected chi connectivity index (χ0v) is 25.3. The molecule has 4 rings (SSSR count). The van der Waals surface area contributed by atoms with E-state index in [2.05, 4.69) is 10.5 Å². The number of fused-ring (bicyclic) bond motifs is 1. The van der Waals surface area contributed by atoms with E-state index in [0.717, 1.165) is 5.56 Å². The summed E-state index contributed by atoms with van der Waals surface area (Å²) in [5.74, 6) is -0.101. The number of aromatic nitrogens is 1. The van der Waals surface area contributed by atoms with Crippen LogP contribution in [0.4, 0.5) is 5.69 Å². The third kappa shape index (κ3) is 7.00. The zero-order valence-electron chi connectivity index (χ0n) is 24.5. The molecule has 0 radical (unpaired) electrons. The maximum Gasteiger partial charge on any atom is 0.248 e. The Bertz CT molecular complexity index is 1500. The zero-order chi connectivity index (χ0) is 30.6. The molecule has 12 heteroatoms. The topological polar surface area (TPSA) is 142 Å². The quantitative estimate of drug-likeness (QED) is 0.383. The van der Waals surface area contributed by atoms with Crippen molar-refractivity contribution in [3.63, 3.8) is 0 Å². The van der Waals surface area contributed by atoms with Crippen LogP contribution in [0.2, 0.25) is 0 Å². The van der Waals surface area contributed by atoms with Gasteiger partial charge in [-0.05, 0) is 44.5 Å². The van der Waals surface area contributed by atoms with Gasteiger partial charge in [-0.25, -0.2) is 8.42 Å². The highest BCUT2D eigenvalue weighted by atomic mass is 32.2. The van der Waals surface area contributed by atoms with Crippen molar-refractivity contribution >= 4 is 27.5 Å². The molecule has 2 N–H and O–H groups in total. The molecule has 0 fully saturated rings. The first-order valence-corrected chi connectivity index (χ1v) is 15.3. The lowest BCUT2D eigenvalue weighted by molar-refractivity contribution is -0.134. The molecule has 2 amide bonds. The summed E-state index contributed by atoms with van der Waals surface area (Å²) in [6.45, 7) is 6.76. The fraction of sp³-hybridized carbons (Fsp3) is 0.433. The number of carbonyl (C=O) groups excluding carboxylic acids is 2. The number of likely N-dealkylation sites (N-methyl/N-ethyl adjacent to an activating group) is 1. The smallest absolute Gasteiger partial charge is 0.248 e. The van der Waals surface area contributed by atoms with E-state index in [1.807, 2.05) is 37.3 Å². The molecule has 226 valence electrons. The van der Waals surface area contributed by atoms with Crippen molar-refractivity contribution in [2.75, 3.05) is 32.1 Å². The fourth-order valence-corrected chi connectivity index (χ4v) is 6.53. The second-order valence-electron chi connectivity index (χ2n) is 10.9. The summed E-state index contributed by atoms with van der Waals surface area (Å²) >= 11 is 0. The number of nitrogens with zero attached hydrogens (tertiary/aromatic N) is 3. The minimum absolute atomic E-state index is 0.0158. The van der Waals surface area contributed by atoms with Gasteiger partial charge in [0.15, 0.2) is 5.76 Å². The number of carbonyl (C=O) groups is 2. The van der Waals surface area contributed by atoms with Crippen LogP contribution >= 0.6 is 0 Å². The number of aliphatic hydroxyl groups excluding tert-OH is 1. The normalized spacial score (nSPS) is 18.5. The fourth-order valence-electron chi connectivity index (χ4n) is 5.06. The molecule has 1 aliphatic rings. The number of hydrogen-bond acceptors (Lipinski definition) is 8. The molecule has 0 saturated heterocycles. The minimum Gasteiger partial charge on any atom is -0.488 e. The van der Waals surface area contributed by atoms with E-state index in [4.69, 9.17) is 9.26 Å². The number of aliphatic hydroxyl groups is 1. The number of amides is 2. The minimum atomic E-state index is -3.95. The lowest BCUT2D eigenvalue weighted by atomic mass is 10.0. The molecule has 0 aliphatic carbocycles. The van der Waals surface area contributed by atoms with Gasteiger partial charge < -0.3 is 24.6 Å². The van der Waals surface area contributed by atoms with Gasteiger partial charge in [-0.1, -0.05) is 42.4 Å². The number of nitrogens with one attached hydrogen (secondary N) is 1. The second kappa shape index (κ2) is 13.1. The highest BCUT2D eigenvalue weighted by Gasteiger charge is 2.35. The van der Waals surface area contributed by atoms with Crippen LogP contribution in [-0.2, 0) is 32.5 Å². The number of ether oxygens (including phenoxy) is 1. The van der Waals surface area contributed by atoms with Gasteiger partial charge in [0, 0.05) is 30.8 Å². The molecule has 2 aromatic carbocycles. The number of aryl methyl sites for hydroxylation is 2. The van der Waals surface area contributed by atoms with Crippen LogP contribution in [0.5, 0.6) is 5.75 Å². The number of benzene rings is 2. The first-order chi connectivity index (χ1) is 19.9. The molecule has 2 heterocycles. The third-order valence-corrected chi connectivity index (χ3v) is 9.55. The summed E-state index contributed by atoms with van der Waals surface area (Å²) in [5, 5.41) is 16.6. The van der Waals surface area contributed by atoms with Crippen LogP contribution in [0.3, 0.4) is 0 Å². The summed E-state index contributed by atoms with van der Waals surface area (Å²) < 4.78 is 39.7. The van der Waals surface area contributed by atoms with Crippen molar-refractivity contribution in [2.45, 2.75) is 57.6 Å². The lowest BCUT2D eigenvalue weighted by Gasteiger charge is -2.33. The van der Waals surface area contributed by atoms with Gasteiger partial charge in [0.2, 0.25) is 21.8 Å². The Balaban J connectivity index is 1.63. The SMILES string of the molecule is Cc1noc(C)c1S(=O)(=O)N(C)C[C@@H]1Oc2ccc(NC(=O)Cc3ccccc3)cc2CC(=O)N([C@@H](C)CO)C[C@@H]1C. The lowest BCUT2D eigenvalue weighted by Crippen LogP contribution is -2.48. The molecule has 3 aromatic rings.